The summed E-state index contributed by atoms with van der Waals surface area (Å²) in [7, 11) is 1.69. The first-order valence-corrected chi connectivity index (χ1v) is 7.63. The van der Waals surface area contributed by atoms with Crippen molar-refractivity contribution in [2.75, 3.05) is 26.7 Å². The minimum atomic E-state index is 0. The third-order valence-electron chi connectivity index (χ3n) is 4.74. The van der Waals surface area contributed by atoms with Gasteiger partial charge < -0.3 is 9.64 Å². The van der Waals surface area contributed by atoms with Gasteiger partial charge in [-0.15, -0.1) is 12.4 Å². The van der Waals surface area contributed by atoms with Gasteiger partial charge in [0.15, 0.2) is 5.78 Å². The molecule has 0 aromatic heterocycles. The SMILES string of the molecule is COc1ccc(C)c2c1CCC(CN1CCCC1)C2=O.Cl. The number of benzene rings is 1. The fourth-order valence-electron chi connectivity index (χ4n) is 3.63. The molecule has 3 rings (SSSR count). The molecule has 1 aliphatic heterocycles. The number of rotatable bonds is 3. The highest BCUT2D eigenvalue weighted by atomic mass is 35.5. The fraction of sp³-hybridized carbons (Fsp3) is 0.588. The Balaban J connectivity index is 0.00000161. The number of methoxy groups -OCH3 is 1. The van der Waals surface area contributed by atoms with E-state index in [2.05, 4.69) is 4.90 Å². The van der Waals surface area contributed by atoms with Gasteiger partial charge in [-0.25, -0.2) is 0 Å². The lowest BCUT2D eigenvalue weighted by Crippen LogP contribution is -2.34. The summed E-state index contributed by atoms with van der Waals surface area (Å²) in [6.07, 6.45) is 4.49. The van der Waals surface area contributed by atoms with Crippen molar-refractivity contribution in [3.63, 3.8) is 0 Å². The van der Waals surface area contributed by atoms with Crippen molar-refractivity contribution in [3.8, 4) is 5.75 Å². The van der Waals surface area contributed by atoms with Crippen LogP contribution in [0.4, 0.5) is 0 Å². The Kier molecular flexibility index (Phi) is 5.28. The lowest BCUT2D eigenvalue weighted by Gasteiger charge is -2.29. The molecule has 0 amide bonds. The Morgan fingerprint density at radius 2 is 2.00 bits per heavy atom. The Labute approximate surface area is 133 Å². The van der Waals surface area contributed by atoms with Gasteiger partial charge in [0, 0.05) is 23.6 Å². The average molecular weight is 310 g/mol. The molecule has 1 aromatic carbocycles. The zero-order valence-electron chi connectivity index (χ0n) is 12.9. The van der Waals surface area contributed by atoms with Gasteiger partial charge in [0.25, 0.3) is 0 Å². The molecule has 4 heteroatoms. The minimum Gasteiger partial charge on any atom is -0.496 e. The van der Waals surface area contributed by atoms with E-state index < -0.39 is 0 Å². The summed E-state index contributed by atoms with van der Waals surface area (Å²) >= 11 is 0. The number of Topliss-reactive ketones (excluding diaryl/α,β-unsaturated/α-hetero) is 1. The number of carbonyl (C=O) groups excluding carboxylic acids is 1. The van der Waals surface area contributed by atoms with Crippen LogP contribution in [0.25, 0.3) is 0 Å². The normalized spacial score (nSPS) is 21.8. The van der Waals surface area contributed by atoms with Crippen molar-refractivity contribution in [1.29, 1.82) is 0 Å². The smallest absolute Gasteiger partial charge is 0.167 e. The van der Waals surface area contributed by atoms with E-state index in [1.807, 2.05) is 19.1 Å². The van der Waals surface area contributed by atoms with Crippen molar-refractivity contribution >= 4 is 18.2 Å². The van der Waals surface area contributed by atoms with Crippen LogP contribution in [0.3, 0.4) is 0 Å². The van der Waals surface area contributed by atoms with E-state index in [1.54, 1.807) is 7.11 Å². The second-order valence-electron chi connectivity index (χ2n) is 6.05. The molecule has 116 valence electrons. The fourth-order valence-corrected chi connectivity index (χ4v) is 3.63. The zero-order chi connectivity index (χ0) is 14.1. The molecule has 0 saturated carbocycles. The first-order chi connectivity index (χ1) is 9.70. The molecule has 1 fully saturated rings. The van der Waals surface area contributed by atoms with E-state index in [0.717, 1.165) is 54.9 Å². The number of carbonyl (C=O) groups is 1. The summed E-state index contributed by atoms with van der Waals surface area (Å²) in [5.74, 6) is 1.37. The van der Waals surface area contributed by atoms with Crippen molar-refractivity contribution in [3.05, 3.63) is 28.8 Å². The van der Waals surface area contributed by atoms with Crippen molar-refractivity contribution in [1.82, 2.24) is 4.90 Å². The van der Waals surface area contributed by atoms with E-state index in [1.165, 1.54) is 12.8 Å². The first-order valence-electron chi connectivity index (χ1n) is 7.63. The maximum atomic E-state index is 12.8. The van der Waals surface area contributed by atoms with Crippen LogP contribution in [0, 0.1) is 12.8 Å². The Morgan fingerprint density at radius 3 is 2.67 bits per heavy atom. The molecular formula is C17H24ClNO2. The van der Waals surface area contributed by atoms with Crippen LogP contribution in [-0.4, -0.2) is 37.4 Å². The summed E-state index contributed by atoms with van der Waals surface area (Å²) in [5.41, 5.74) is 3.15. The number of aryl methyl sites for hydroxylation is 1. The molecule has 0 radical (unpaired) electrons. The van der Waals surface area contributed by atoms with Crippen molar-refractivity contribution in [2.45, 2.75) is 32.6 Å². The highest BCUT2D eigenvalue weighted by Crippen LogP contribution is 2.34. The van der Waals surface area contributed by atoms with Crippen LogP contribution >= 0.6 is 12.4 Å². The summed E-state index contributed by atoms with van der Waals surface area (Å²) < 4.78 is 5.42. The number of ether oxygens (including phenoxy) is 1. The van der Waals surface area contributed by atoms with Gasteiger partial charge in [0.05, 0.1) is 7.11 Å². The topological polar surface area (TPSA) is 29.5 Å². The molecule has 21 heavy (non-hydrogen) atoms. The molecule has 3 nitrogen and oxygen atoms in total. The Hall–Kier alpha value is -1.06. The molecule has 1 atom stereocenters. The van der Waals surface area contributed by atoms with Crippen LogP contribution in [0.1, 0.15) is 40.7 Å². The monoisotopic (exact) mass is 309 g/mol. The highest BCUT2D eigenvalue weighted by molar-refractivity contribution is 6.02. The lowest BCUT2D eigenvalue weighted by molar-refractivity contribution is 0.0867. The standard InChI is InChI=1S/C17H23NO2.ClH/c1-12-5-8-15(20-2)14-7-6-13(17(19)16(12)14)11-18-9-3-4-10-18;/h5,8,13H,3-4,6-7,9-11H2,1-2H3;1H. The number of hydrogen-bond donors (Lipinski definition) is 0. The maximum Gasteiger partial charge on any atom is 0.167 e. The molecular weight excluding hydrogens is 286 g/mol. The van der Waals surface area contributed by atoms with Gasteiger partial charge >= 0.3 is 0 Å². The first kappa shape index (κ1) is 16.3. The largest absolute Gasteiger partial charge is 0.496 e. The number of nitrogens with zero attached hydrogens (tertiary/aromatic N) is 1. The van der Waals surface area contributed by atoms with Gasteiger partial charge in [-0.1, -0.05) is 6.07 Å². The summed E-state index contributed by atoms with van der Waals surface area (Å²) in [6.45, 7) is 5.30. The number of halogens is 1. The van der Waals surface area contributed by atoms with Crippen LogP contribution in [0.5, 0.6) is 5.75 Å². The van der Waals surface area contributed by atoms with Gasteiger partial charge in [-0.2, -0.15) is 0 Å². The Morgan fingerprint density at radius 1 is 1.29 bits per heavy atom. The van der Waals surface area contributed by atoms with Crippen molar-refractivity contribution < 1.29 is 9.53 Å². The summed E-state index contributed by atoms with van der Waals surface area (Å²) in [6, 6.07) is 4.00. The summed E-state index contributed by atoms with van der Waals surface area (Å²) in [4.78, 5) is 15.3. The van der Waals surface area contributed by atoms with Crippen LogP contribution in [0.2, 0.25) is 0 Å². The summed E-state index contributed by atoms with van der Waals surface area (Å²) in [5, 5.41) is 0. The number of hydrogen-bond acceptors (Lipinski definition) is 3. The Bertz CT molecular complexity index is 524. The van der Waals surface area contributed by atoms with Crippen LogP contribution in [0.15, 0.2) is 12.1 Å². The predicted molar refractivity (Wildman–Crippen MR) is 86.8 cm³/mol. The van der Waals surface area contributed by atoms with Crippen molar-refractivity contribution in [2.24, 2.45) is 5.92 Å². The van der Waals surface area contributed by atoms with Gasteiger partial charge in [0.2, 0.25) is 0 Å². The number of likely N-dealkylation sites (tertiary alicyclic amines) is 1. The third kappa shape index (κ3) is 3.09. The molecule has 2 aliphatic rings. The highest BCUT2D eigenvalue weighted by Gasteiger charge is 2.32. The second kappa shape index (κ2) is 6.80. The average Bonchev–Trinajstić information content (AvgIpc) is 2.95. The van der Waals surface area contributed by atoms with E-state index in [0.29, 0.717) is 5.78 Å². The molecule has 1 unspecified atom stereocenters. The molecule has 0 N–H and O–H groups in total. The third-order valence-corrected chi connectivity index (χ3v) is 4.74. The molecule has 1 heterocycles. The molecule has 1 aliphatic carbocycles. The quantitative estimate of drug-likeness (QED) is 0.858. The zero-order valence-corrected chi connectivity index (χ0v) is 13.7. The molecule has 0 spiro atoms. The van der Waals surface area contributed by atoms with E-state index in [4.69, 9.17) is 4.74 Å². The number of fused-ring (bicyclic) bond motifs is 1. The lowest BCUT2D eigenvalue weighted by atomic mass is 9.80. The van der Waals surface area contributed by atoms with Gasteiger partial charge in [-0.05, 0) is 57.3 Å². The minimum absolute atomic E-state index is 0. The molecule has 1 saturated heterocycles. The van der Waals surface area contributed by atoms with Crippen LogP contribution < -0.4 is 4.74 Å². The number of ketones is 1. The van der Waals surface area contributed by atoms with Gasteiger partial charge in [-0.3, -0.25) is 4.79 Å². The second-order valence-corrected chi connectivity index (χ2v) is 6.05. The molecule has 1 aromatic rings. The van der Waals surface area contributed by atoms with Gasteiger partial charge in [0.1, 0.15) is 5.75 Å². The van der Waals surface area contributed by atoms with E-state index in [9.17, 15) is 4.79 Å². The van der Waals surface area contributed by atoms with E-state index in [-0.39, 0.29) is 18.3 Å². The van der Waals surface area contributed by atoms with E-state index >= 15 is 0 Å². The molecule has 0 bridgehead atoms. The maximum absolute atomic E-state index is 12.8. The predicted octanol–water partition coefficient (Wildman–Crippen LogP) is 3.27. The van der Waals surface area contributed by atoms with Crippen LogP contribution in [-0.2, 0) is 6.42 Å².